The highest BCUT2D eigenvalue weighted by Crippen LogP contribution is 2.36. The zero-order valence-corrected chi connectivity index (χ0v) is 13.8. The lowest BCUT2D eigenvalue weighted by atomic mass is 9.88. The maximum Gasteiger partial charge on any atom is 0.573 e. The van der Waals surface area contributed by atoms with Gasteiger partial charge in [0, 0.05) is 0 Å². The Hall–Kier alpha value is -3.02. The molecule has 0 aromatic heterocycles. The molecule has 1 N–H and O–H groups in total. The second-order valence-corrected chi connectivity index (χ2v) is 5.91. The lowest BCUT2D eigenvalue weighted by Crippen LogP contribution is -2.16. The van der Waals surface area contributed by atoms with Crippen molar-refractivity contribution in [2.75, 3.05) is 0 Å². The highest BCUT2D eigenvalue weighted by atomic mass is 19.4. The highest BCUT2D eigenvalue weighted by Gasteiger charge is 2.31. The van der Waals surface area contributed by atoms with Crippen molar-refractivity contribution in [3.63, 3.8) is 0 Å². The first-order valence-electron chi connectivity index (χ1n) is 7.84. The number of aliphatic carboxylic acids is 1. The molecule has 3 aromatic carbocycles. The van der Waals surface area contributed by atoms with Crippen LogP contribution < -0.4 is 4.74 Å². The topological polar surface area (TPSA) is 46.5 Å². The van der Waals surface area contributed by atoms with Gasteiger partial charge >= 0.3 is 12.3 Å². The average molecular weight is 360 g/mol. The number of carboxylic acid groups (broad SMARTS) is 1. The molecule has 0 aliphatic carbocycles. The van der Waals surface area contributed by atoms with Crippen molar-refractivity contribution >= 4 is 16.7 Å². The van der Waals surface area contributed by atoms with Crippen molar-refractivity contribution in [1.82, 2.24) is 0 Å². The molecule has 0 spiro atoms. The summed E-state index contributed by atoms with van der Waals surface area (Å²) >= 11 is 0. The minimum absolute atomic E-state index is 0.174. The number of carboxylic acids is 1. The van der Waals surface area contributed by atoms with Gasteiger partial charge in [-0.1, -0.05) is 42.5 Å². The predicted molar refractivity (Wildman–Crippen MR) is 92.1 cm³/mol. The Bertz CT molecular complexity index is 960. The van der Waals surface area contributed by atoms with E-state index in [2.05, 4.69) is 4.74 Å². The van der Waals surface area contributed by atoms with Gasteiger partial charge < -0.3 is 9.84 Å². The number of hydrogen-bond donors (Lipinski definition) is 1. The van der Waals surface area contributed by atoms with E-state index in [9.17, 15) is 23.1 Å². The van der Waals surface area contributed by atoms with E-state index in [0.29, 0.717) is 16.7 Å². The summed E-state index contributed by atoms with van der Waals surface area (Å²) in [6, 6.07) is 14.9. The van der Waals surface area contributed by atoms with E-state index in [4.69, 9.17) is 0 Å². The van der Waals surface area contributed by atoms with Gasteiger partial charge in [0.05, 0.1) is 6.42 Å². The smallest absolute Gasteiger partial charge is 0.481 e. The van der Waals surface area contributed by atoms with E-state index in [-0.39, 0.29) is 12.2 Å². The van der Waals surface area contributed by atoms with Gasteiger partial charge in [-0.15, -0.1) is 13.2 Å². The normalized spacial score (nSPS) is 11.5. The Kier molecular flexibility index (Phi) is 4.59. The number of rotatable bonds is 4. The molecule has 0 saturated carbocycles. The number of halogens is 3. The predicted octanol–water partition coefficient (Wildman–Crippen LogP) is 5.34. The summed E-state index contributed by atoms with van der Waals surface area (Å²) in [4.78, 5) is 11.3. The molecule has 0 amide bonds. The molecule has 6 heteroatoms. The quantitative estimate of drug-likeness (QED) is 0.683. The summed E-state index contributed by atoms with van der Waals surface area (Å²) in [5, 5.41) is 11.0. The van der Waals surface area contributed by atoms with Crippen molar-refractivity contribution < 1.29 is 27.8 Å². The summed E-state index contributed by atoms with van der Waals surface area (Å²) in [6.45, 7) is 1.83. The molecule has 0 unspecified atom stereocenters. The van der Waals surface area contributed by atoms with Crippen LogP contribution in [0.4, 0.5) is 13.2 Å². The Labute approximate surface area is 147 Å². The van der Waals surface area contributed by atoms with Gasteiger partial charge in [-0.3, -0.25) is 4.79 Å². The van der Waals surface area contributed by atoms with Gasteiger partial charge in [-0.2, -0.15) is 0 Å². The second kappa shape index (κ2) is 6.71. The van der Waals surface area contributed by atoms with E-state index in [1.807, 2.05) is 37.3 Å². The summed E-state index contributed by atoms with van der Waals surface area (Å²) in [6.07, 6.45) is -4.93. The monoisotopic (exact) mass is 360 g/mol. The summed E-state index contributed by atoms with van der Waals surface area (Å²) < 4.78 is 40.9. The van der Waals surface area contributed by atoms with Gasteiger partial charge in [-0.25, -0.2) is 0 Å². The van der Waals surface area contributed by atoms with E-state index < -0.39 is 12.3 Å². The summed E-state index contributed by atoms with van der Waals surface area (Å²) in [5.41, 5.74) is 2.80. The summed E-state index contributed by atoms with van der Waals surface area (Å²) in [5.74, 6) is -1.29. The maximum absolute atomic E-state index is 12.3. The SMILES string of the molecule is Cc1cc2ccccc2c(-c2ccc(OC(F)(F)F)cc2)c1CC(=O)O. The van der Waals surface area contributed by atoms with Gasteiger partial charge in [-0.05, 0) is 52.1 Å². The molecule has 3 nitrogen and oxygen atoms in total. The molecule has 134 valence electrons. The van der Waals surface area contributed by atoms with Crippen LogP contribution in [0.2, 0.25) is 0 Å². The first kappa shape index (κ1) is 17.8. The van der Waals surface area contributed by atoms with Crippen LogP contribution in [-0.2, 0) is 11.2 Å². The van der Waals surface area contributed by atoms with Gasteiger partial charge in [0.25, 0.3) is 0 Å². The van der Waals surface area contributed by atoms with Crippen molar-refractivity contribution in [2.24, 2.45) is 0 Å². The third kappa shape index (κ3) is 3.79. The fourth-order valence-electron chi connectivity index (χ4n) is 3.06. The van der Waals surface area contributed by atoms with Crippen molar-refractivity contribution in [2.45, 2.75) is 19.7 Å². The number of ether oxygens (including phenoxy) is 1. The Morgan fingerprint density at radius 1 is 1.08 bits per heavy atom. The third-order valence-electron chi connectivity index (χ3n) is 4.08. The van der Waals surface area contributed by atoms with Crippen molar-refractivity contribution in [1.29, 1.82) is 0 Å². The van der Waals surface area contributed by atoms with Crippen LogP contribution in [0.5, 0.6) is 5.75 Å². The molecule has 0 aliphatic heterocycles. The van der Waals surface area contributed by atoms with E-state index in [1.54, 1.807) is 0 Å². The van der Waals surface area contributed by atoms with Crippen LogP contribution in [0.3, 0.4) is 0 Å². The van der Waals surface area contributed by atoms with Gasteiger partial charge in [0.15, 0.2) is 0 Å². The Morgan fingerprint density at radius 2 is 1.73 bits per heavy atom. The molecule has 26 heavy (non-hydrogen) atoms. The van der Waals surface area contributed by atoms with Crippen molar-refractivity contribution in [3.05, 3.63) is 65.7 Å². The standard InChI is InChI=1S/C20H15F3O3/c1-12-10-14-4-2-3-5-16(14)19(17(12)11-18(24)25)13-6-8-15(9-7-13)26-20(21,22)23/h2-10H,11H2,1H3,(H,24,25). The number of carbonyl (C=O) groups is 1. The number of fused-ring (bicyclic) bond motifs is 1. The molecule has 0 atom stereocenters. The van der Waals surface area contributed by atoms with Crippen molar-refractivity contribution in [3.8, 4) is 16.9 Å². The van der Waals surface area contributed by atoms with Gasteiger partial charge in [0.1, 0.15) is 5.75 Å². The molecule has 3 aromatic rings. The minimum Gasteiger partial charge on any atom is -0.481 e. The lowest BCUT2D eigenvalue weighted by Gasteiger charge is -2.16. The van der Waals surface area contributed by atoms with E-state index in [0.717, 1.165) is 16.3 Å². The van der Waals surface area contributed by atoms with Crippen LogP contribution in [0.25, 0.3) is 21.9 Å². The number of alkyl halides is 3. The van der Waals surface area contributed by atoms with Crippen LogP contribution in [0, 0.1) is 6.92 Å². The van der Waals surface area contributed by atoms with Crippen LogP contribution in [0.1, 0.15) is 11.1 Å². The number of aryl methyl sites for hydroxylation is 1. The first-order chi connectivity index (χ1) is 12.2. The highest BCUT2D eigenvalue weighted by molar-refractivity contribution is 6.00. The molecule has 0 fully saturated rings. The lowest BCUT2D eigenvalue weighted by molar-refractivity contribution is -0.274. The number of hydrogen-bond acceptors (Lipinski definition) is 2. The molecular weight excluding hydrogens is 345 g/mol. The van der Waals surface area contributed by atoms with Crippen LogP contribution >= 0.6 is 0 Å². The second-order valence-electron chi connectivity index (χ2n) is 5.91. The third-order valence-corrected chi connectivity index (χ3v) is 4.08. The van der Waals surface area contributed by atoms with Crippen LogP contribution in [0.15, 0.2) is 54.6 Å². The van der Waals surface area contributed by atoms with E-state index >= 15 is 0 Å². The zero-order chi connectivity index (χ0) is 18.9. The zero-order valence-electron chi connectivity index (χ0n) is 13.8. The number of benzene rings is 3. The molecule has 3 rings (SSSR count). The Morgan fingerprint density at radius 3 is 2.35 bits per heavy atom. The Balaban J connectivity index is 2.17. The minimum atomic E-state index is -4.76. The average Bonchev–Trinajstić information content (AvgIpc) is 2.55. The maximum atomic E-state index is 12.3. The molecule has 0 saturated heterocycles. The van der Waals surface area contributed by atoms with Crippen LogP contribution in [-0.4, -0.2) is 17.4 Å². The molecule has 0 radical (unpaired) electrons. The summed E-state index contributed by atoms with van der Waals surface area (Å²) in [7, 11) is 0. The largest absolute Gasteiger partial charge is 0.573 e. The first-order valence-corrected chi connectivity index (χ1v) is 7.84. The fraction of sp³-hybridized carbons (Fsp3) is 0.150. The fourth-order valence-corrected chi connectivity index (χ4v) is 3.06. The van der Waals surface area contributed by atoms with Gasteiger partial charge in [0.2, 0.25) is 0 Å². The molecule has 0 aliphatic rings. The molecule has 0 heterocycles. The molecular formula is C20H15F3O3. The van der Waals surface area contributed by atoms with E-state index in [1.165, 1.54) is 24.3 Å². The molecule has 0 bridgehead atoms.